The summed E-state index contributed by atoms with van der Waals surface area (Å²) in [7, 11) is 5.07. The number of carbonyl (C=O) groups excluding carboxylic acids is 2. The van der Waals surface area contributed by atoms with Gasteiger partial charge in [0, 0.05) is 27.1 Å². The summed E-state index contributed by atoms with van der Waals surface area (Å²) in [6.07, 6.45) is 0.798. The SMILES string of the molecule is CCC(C)C(=O)N(C)C(C)C(=O)N(C)C. The maximum Gasteiger partial charge on any atom is 0.244 e. The van der Waals surface area contributed by atoms with Crippen LogP contribution in [0.1, 0.15) is 27.2 Å². The Hall–Kier alpha value is -1.06. The molecule has 0 aliphatic carbocycles. The van der Waals surface area contributed by atoms with E-state index in [2.05, 4.69) is 0 Å². The molecule has 0 aromatic heterocycles. The summed E-state index contributed by atoms with van der Waals surface area (Å²) in [6, 6.07) is -0.388. The number of likely N-dealkylation sites (N-methyl/N-ethyl adjacent to an activating group) is 2. The lowest BCUT2D eigenvalue weighted by atomic mass is 10.1. The molecule has 0 heterocycles. The van der Waals surface area contributed by atoms with Gasteiger partial charge in [0.05, 0.1) is 0 Å². The normalized spacial score (nSPS) is 14.3. The molecule has 0 spiro atoms. The Bertz CT molecular complexity index is 239. The Morgan fingerprint density at radius 3 is 1.87 bits per heavy atom. The Morgan fingerprint density at radius 2 is 1.53 bits per heavy atom. The number of amides is 2. The summed E-state index contributed by atoms with van der Waals surface area (Å²) in [5, 5.41) is 0. The van der Waals surface area contributed by atoms with E-state index in [0.29, 0.717) is 0 Å². The lowest BCUT2D eigenvalue weighted by Crippen LogP contribution is -2.46. The highest BCUT2D eigenvalue weighted by atomic mass is 16.2. The fourth-order valence-corrected chi connectivity index (χ4v) is 1.25. The maximum atomic E-state index is 11.8. The summed E-state index contributed by atoms with van der Waals surface area (Å²) in [5.41, 5.74) is 0. The second-order valence-electron chi connectivity index (χ2n) is 4.17. The zero-order chi connectivity index (χ0) is 12.2. The topological polar surface area (TPSA) is 40.6 Å². The number of hydrogen-bond acceptors (Lipinski definition) is 2. The minimum Gasteiger partial charge on any atom is -0.347 e. The third kappa shape index (κ3) is 3.53. The van der Waals surface area contributed by atoms with Gasteiger partial charge >= 0.3 is 0 Å². The van der Waals surface area contributed by atoms with Crippen molar-refractivity contribution < 1.29 is 9.59 Å². The fourth-order valence-electron chi connectivity index (χ4n) is 1.25. The second-order valence-corrected chi connectivity index (χ2v) is 4.17. The quantitative estimate of drug-likeness (QED) is 0.699. The van der Waals surface area contributed by atoms with E-state index in [1.54, 1.807) is 28.1 Å². The Morgan fingerprint density at radius 1 is 1.07 bits per heavy atom. The maximum absolute atomic E-state index is 11.8. The first-order valence-corrected chi connectivity index (χ1v) is 5.30. The van der Waals surface area contributed by atoms with Gasteiger partial charge in [0.25, 0.3) is 0 Å². The molecule has 4 heteroatoms. The third-order valence-corrected chi connectivity index (χ3v) is 2.76. The van der Waals surface area contributed by atoms with Crippen molar-refractivity contribution in [3.8, 4) is 0 Å². The molecule has 4 nitrogen and oxygen atoms in total. The molecule has 0 N–H and O–H groups in total. The van der Waals surface area contributed by atoms with Gasteiger partial charge in [-0.2, -0.15) is 0 Å². The molecular weight excluding hydrogens is 192 g/mol. The van der Waals surface area contributed by atoms with Gasteiger partial charge in [-0.05, 0) is 13.3 Å². The van der Waals surface area contributed by atoms with Gasteiger partial charge in [0.2, 0.25) is 11.8 Å². The first-order chi connectivity index (χ1) is 6.82. The molecule has 0 aliphatic heterocycles. The average Bonchev–Trinajstić information content (AvgIpc) is 2.23. The molecule has 0 rings (SSSR count). The van der Waals surface area contributed by atoms with Crippen LogP contribution in [-0.2, 0) is 9.59 Å². The molecule has 2 unspecified atom stereocenters. The number of hydrogen-bond donors (Lipinski definition) is 0. The Labute approximate surface area is 92.2 Å². The minimum atomic E-state index is -0.388. The lowest BCUT2D eigenvalue weighted by molar-refractivity contribution is -0.144. The highest BCUT2D eigenvalue weighted by Gasteiger charge is 2.25. The van der Waals surface area contributed by atoms with E-state index in [-0.39, 0.29) is 23.8 Å². The fraction of sp³-hybridized carbons (Fsp3) is 0.818. The zero-order valence-corrected chi connectivity index (χ0v) is 10.6. The van der Waals surface area contributed by atoms with Gasteiger partial charge in [0.15, 0.2) is 0 Å². The molecular formula is C11H22N2O2. The first-order valence-electron chi connectivity index (χ1n) is 5.30. The number of nitrogens with zero attached hydrogens (tertiary/aromatic N) is 2. The van der Waals surface area contributed by atoms with Crippen molar-refractivity contribution in [2.24, 2.45) is 5.92 Å². The molecule has 0 radical (unpaired) electrons. The molecule has 0 fully saturated rings. The lowest BCUT2D eigenvalue weighted by Gasteiger charge is -2.28. The second kappa shape index (κ2) is 5.73. The van der Waals surface area contributed by atoms with E-state index < -0.39 is 0 Å². The first kappa shape index (κ1) is 13.9. The van der Waals surface area contributed by atoms with E-state index >= 15 is 0 Å². The third-order valence-electron chi connectivity index (χ3n) is 2.76. The standard InChI is InChI=1S/C11H22N2O2/c1-7-8(2)10(14)13(6)9(3)11(15)12(4)5/h8-9H,7H2,1-6H3. The van der Waals surface area contributed by atoms with E-state index in [9.17, 15) is 9.59 Å². The van der Waals surface area contributed by atoms with Crippen LogP contribution in [0, 0.1) is 5.92 Å². The van der Waals surface area contributed by atoms with Crippen molar-refractivity contribution >= 4 is 11.8 Å². The average molecular weight is 214 g/mol. The molecule has 2 atom stereocenters. The van der Waals surface area contributed by atoms with Gasteiger partial charge in [-0.1, -0.05) is 13.8 Å². The van der Waals surface area contributed by atoms with Crippen molar-refractivity contribution in [3.63, 3.8) is 0 Å². The van der Waals surface area contributed by atoms with Gasteiger partial charge < -0.3 is 9.80 Å². The van der Waals surface area contributed by atoms with Gasteiger partial charge in [-0.3, -0.25) is 9.59 Å². The van der Waals surface area contributed by atoms with Gasteiger partial charge in [0.1, 0.15) is 6.04 Å². The molecule has 0 saturated carbocycles. The smallest absolute Gasteiger partial charge is 0.244 e. The van der Waals surface area contributed by atoms with E-state index in [0.717, 1.165) is 6.42 Å². The van der Waals surface area contributed by atoms with Crippen molar-refractivity contribution in [1.82, 2.24) is 9.80 Å². The molecule has 0 aromatic carbocycles. The van der Waals surface area contributed by atoms with Crippen molar-refractivity contribution in [2.75, 3.05) is 21.1 Å². The van der Waals surface area contributed by atoms with Crippen molar-refractivity contribution in [2.45, 2.75) is 33.2 Å². The van der Waals surface area contributed by atoms with E-state index in [4.69, 9.17) is 0 Å². The molecule has 0 saturated heterocycles. The molecule has 0 aliphatic rings. The van der Waals surface area contributed by atoms with Crippen LogP contribution in [0.3, 0.4) is 0 Å². The molecule has 2 amide bonds. The summed E-state index contributed by atoms with van der Waals surface area (Å²) in [6.45, 7) is 5.60. The van der Waals surface area contributed by atoms with E-state index in [1.807, 2.05) is 13.8 Å². The van der Waals surface area contributed by atoms with Gasteiger partial charge in [-0.25, -0.2) is 0 Å². The summed E-state index contributed by atoms with van der Waals surface area (Å²) in [5.74, 6) is -0.0400. The van der Waals surface area contributed by atoms with Crippen LogP contribution in [0.15, 0.2) is 0 Å². The summed E-state index contributed by atoms with van der Waals surface area (Å²) < 4.78 is 0. The van der Waals surface area contributed by atoms with Crippen LogP contribution in [0.5, 0.6) is 0 Å². The Balaban J connectivity index is 4.50. The largest absolute Gasteiger partial charge is 0.347 e. The Kier molecular flexibility index (Phi) is 5.33. The summed E-state index contributed by atoms with van der Waals surface area (Å²) in [4.78, 5) is 26.5. The van der Waals surface area contributed by atoms with Crippen LogP contribution in [-0.4, -0.2) is 48.8 Å². The highest BCUT2D eigenvalue weighted by Crippen LogP contribution is 2.09. The molecule has 88 valence electrons. The van der Waals surface area contributed by atoms with Crippen molar-refractivity contribution in [1.29, 1.82) is 0 Å². The molecule has 0 aromatic rings. The monoisotopic (exact) mass is 214 g/mol. The minimum absolute atomic E-state index is 0.0209. The molecule has 15 heavy (non-hydrogen) atoms. The van der Waals surface area contributed by atoms with Gasteiger partial charge in [-0.15, -0.1) is 0 Å². The van der Waals surface area contributed by atoms with Crippen LogP contribution in [0.4, 0.5) is 0 Å². The number of carbonyl (C=O) groups is 2. The van der Waals surface area contributed by atoms with E-state index in [1.165, 1.54) is 9.80 Å². The predicted molar refractivity (Wildman–Crippen MR) is 60.4 cm³/mol. The highest BCUT2D eigenvalue weighted by molar-refractivity contribution is 5.87. The summed E-state index contributed by atoms with van der Waals surface area (Å²) >= 11 is 0. The van der Waals surface area contributed by atoms with Crippen LogP contribution in [0.2, 0.25) is 0 Å². The van der Waals surface area contributed by atoms with Crippen LogP contribution in [0.25, 0.3) is 0 Å². The predicted octanol–water partition coefficient (Wildman–Crippen LogP) is 0.968. The molecule has 0 bridgehead atoms. The van der Waals surface area contributed by atoms with Crippen molar-refractivity contribution in [3.05, 3.63) is 0 Å². The number of rotatable bonds is 4. The van der Waals surface area contributed by atoms with Crippen LogP contribution >= 0.6 is 0 Å². The zero-order valence-electron chi connectivity index (χ0n) is 10.6. The van der Waals surface area contributed by atoms with Crippen LogP contribution < -0.4 is 0 Å².